The van der Waals surface area contributed by atoms with E-state index in [-0.39, 0.29) is 18.2 Å². The average molecular weight is 337 g/mol. The molecule has 4 rings (SSSR count). The van der Waals surface area contributed by atoms with Gasteiger partial charge in [-0.15, -0.1) is 0 Å². The highest BCUT2D eigenvalue weighted by molar-refractivity contribution is 6.01. The van der Waals surface area contributed by atoms with Crippen LogP contribution in [0.3, 0.4) is 0 Å². The van der Waals surface area contributed by atoms with Crippen molar-refractivity contribution in [1.29, 1.82) is 0 Å². The van der Waals surface area contributed by atoms with Crippen LogP contribution in [0.2, 0.25) is 0 Å². The fourth-order valence-corrected chi connectivity index (χ4v) is 3.56. The highest BCUT2D eigenvalue weighted by Gasteiger charge is 2.35. The Morgan fingerprint density at radius 3 is 3.08 bits per heavy atom. The lowest BCUT2D eigenvalue weighted by atomic mass is 9.88. The number of nitrogens with one attached hydrogen (secondary N) is 1. The number of ether oxygens (including phenoxy) is 1. The number of amides is 2. The summed E-state index contributed by atoms with van der Waals surface area (Å²) in [6.45, 7) is 1.17. The Morgan fingerprint density at radius 1 is 1.36 bits per heavy atom. The van der Waals surface area contributed by atoms with Gasteiger partial charge in [-0.25, -0.2) is 0 Å². The minimum atomic E-state index is -0.475. The number of nitrogens with zero attached hydrogens (tertiary/aromatic N) is 2. The third-order valence-corrected chi connectivity index (χ3v) is 4.87. The van der Waals surface area contributed by atoms with E-state index in [2.05, 4.69) is 10.3 Å². The standard InChI is InChI=1S/C19H19N3O3/c1-25-13-4-5-17-14(9-13)15(10-18(23)21-17)19(24)22-8-6-16-12(11-22)3-2-7-20-16/h2-5,7,9,15H,6,8,10-11H2,1H3,(H,21,23)/t15-/m0/s1. The van der Waals surface area contributed by atoms with Crippen LogP contribution in [0.5, 0.6) is 5.75 Å². The smallest absolute Gasteiger partial charge is 0.231 e. The summed E-state index contributed by atoms with van der Waals surface area (Å²) in [5.74, 6) is 0.0620. The number of fused-ring (bicyclic) bond motifs is 2. The number of rotatable bonds is 2. The minimum absolute atomic E-state index is 0.0149. The molecule has 1 aromatic carbocycles. The number of methoxy groups -OCH3 is 1. The second kappa shape index (κ2) is 6.20. The number of hydrogen-bond donors (Lipinski definition) is 1. The van der Waals surface area contributed by atoms with E-state index in [1.807, 2.05) is 23.1 Å². The van der Waals surface area contributed by atoms with E-state index in [4.69, 9.17) is 4.74 Å². The molecule has 0 bridgehead atoms. The highest BCUT2D eigenvalue weighted by atomic mass is 16.5. The van der Waals surface area contributed by atoms with Crippen molar-refractivity contribution in [2.45, 2.75) is 25.3 Å². The van der Waals surface area contributed by atoms with Gasteiger partial charge in [-0.2, -0.15) is 0 Å². The van der Waals surface area contributed by atoms with Gasteiger partial charge in [-0.05, 0) is 35.4 Å². The van der Waals surface area contributed by atoms with Gasteiger partial charge < -0.3 is 15.0 Å². The van der Waals surface area contributed by atoms with Gasteiger partial charge in [0.05, 0.1) is 13.0 Å². The van der Waals surface area contributed by atoms with Gasteiger partial charge in [-0.1, -0.05) is 6.07 Å². The fourth-order valence-electron chi connectivity index (χ4n) is 3.56. The third-order valence-electron chi connectivity index (χ3n) is 4.87. The SMILES string of the molecule is COc1ccc2c(c1)[C@@H](C(=O)N1CCc3ncccc3C1)CC(=O)N2. The maximum atomic E-state index is 13.2. The van der Waals surface area contributed by atoms with Crippen molar-refractivity contribution in [2.75, 3.05) is 19.0 Å². The second-order valence-corrected chi connectivity index (χ2v) is 6.38. The molecule has 6 nitrogen and oxygen atoms in total. The number of benzene rings is 1. The molecule has 0 unspecified atom stereocenters. The third kappa shape index (κ3) is 2.84. The van der Waals surface area contributed by atoms with Crippen LogP contribution >= 0.6 is 0 Å². The Bertz CT molecular complexity index is 850. The van der Waals surface area contributed by atoms with Crippen LogP contribution in [-0.4, -0.2) is 35.4 Å². The van der Waals surface area contributed by atoms with Crippen molar-refractivity contribution < 1.29 is 14.3 Å². The van der Waals surface area contributed by atoms with Crippen molar-refractivity contribution in [3.05, 3.63) is 53.3 Å². The topological polar surface area (TPSA) is 71.5 Å². The number of pyridine rings is 1. The zero-order valence-corrected chi connectivity index (χ0v) is 14.0. The summed E-state index contributed by atoms with van der Waals surface area (Å²) in [7, 11) is 1.59. The molecule has 0 saturated heterocycles. The lowest BCUT2D eigenvalue weighted by Crippen LogP contribution is -2.41. The van der Waals surface area contributed by atoms with E-state index in [0.717, 1.165) is 23.2 Å². The molecule has 3 heterocycles. The molecule has 2 aliphatic heterocycles. The summed E-state index contributed by atoms with van der Waals surface area (Å²) >= 11 is 0. The second-order valence-electron chi connectivity index (χ2n) is 6.38. The van der Waals surface area contributed by atoms with Gasteiger partial charge in [0.1, 0.15) is 5.75 Å². The van der Waals surface area contributed by atoms with E-state index in [1.54, 1.807) is 25.4 Å². The largest absolute Gasteiger partial charge is 0.497 e. The van der Waals surface area contributed by atoms with E-state index in [9.17, 15) is 9.59 Å². The first-order valence-corrected chi connectivity index (χ1v) is 8.35. The molecule has 2 aromatic rings. The van der Waals surface area contributed by atoms with Gasteiger partial charge in [0, 0.05) is 43.5 Å². The number of aromatic nitrogens is 1. The molecule has 1 N–H and O–H groups in total. The van der Waals surface area contributed by atoms with Crippen molar-refractivity contribution in [1.82, 2.24) is 9.88 Å². The van der Waals surface area contributed by atoms with Gasteiger partial charge >= 0.3 is 0 Å². The van der Waals surface area contributed by atoms with Crippen molar-refractivity contribution in [3.8, 4) is 5.75 Å². The minimum Gasteiger partial charge on any atom is -0.497 e. The van der Waals surface area contributed by atoms with Gasteiger partial charge in [0.2, 0.25) is 11.8 Å². The first-order chi connectivity index (χ1) is 12.2. The van der Waals surface area contributed by atoms with Crippen molar-refractivity contribution in [3.63, 3.8) is 0 Å². The normalized spacial score (nSPS) is 18.8. The Labute approximate surface area is 145 Å². The van der Waals surface area contributed by atoms with Crippen LogP contribution in [0.4, 0.5) is 5.69 Å². The van der Waals surface area contributed by atoms with Crippen LogP contribution < -0.4 is 10.1 Å². The molecule has 2 aliphatic rings. The van der Waals surface area contributed by atoms with Crippen LogP contribution in [0.1, 0.15) is 29.2 Å². The molecule has 2 amide bonds. The fraction of sp³-hybridized carbons (Fsp3) is 0.316. The van der Waals surface area contributed by atoms with Gasteiger partial charge in [-0.3, -0.25) is 14.6 Å². The Kier molecular flexibility index (Phi) is 3.87. The Hall–Kier alpha value is -2.89. The summed E-state index contributed by atoms with van der Waals surface area (Å²) in [5.41, 5.74) is 3.64. The summed E-state index contributed by atoms with van der Waals surface area (Å²) in [5, 5.41) is 2.84. The van der Waals surface area contributed by atoms with Gasteiger partial charge in [0.15, 0.2) is 0 Å². The van der Waals surface area contributed by atoms with Crippen LogP contribution in [0, 0.1) is 0 Å². The maximum Gasteiger partial charge on any atom is 0.231 e. The first-order valence-electron chi connectivity index (χ1n) is 8.35. The molecular formula is C19H19N3O3. The molecular weight excluding hydrogens is 318 g/mol. The van der Waals surface area contributed by atoms with E-state index in [0.29, 0.717) is 24.5 Å². The molecule has 128 valence electrons. The van der Waals surface area contributed by atoms with Crippen LogP contribution in [-0.2, 0) is 22.6 Å². The lowest BCUT2D eigenvalue weighted by molar-refractivity contribution is -0.135. The molecule has 25 heavy (non-hydrogen) atoms. The Balaban J connectivity index is 1.64. The molecule has 0 spiro atoms. The molecule has 1 aromatic heterocycles. The molecule has 0 saturated carbocycles. The summed E-state index contributed by atoms with van der Waals surface area (Å²) in [4.78, 5) is 31.4. The van der Waals surface area contributed by atoms with E-state index < -0.39 is 5.92 Å². The molecule has 6 heteroatoms. The highest BCUT2D eigenvalue weighted by Crippen LogP contribution is 2.36. The quantitative estimate of drug-likeness (QED) is 0.911. The van der Waals surface area contributed by atoms with E-state index in [1.165, 1.54) is 0 Å². The Morgan fingerprint density at radius 2 is 2.24 bits per heavy atom. The number of anilines is 1. The van der Waals surface area contributed by atoms with Crippen LogP contribution in [0.15, 0.2) is 36.5 Å². The zero-order chi connectivity index (χ0) is 17.4. The lowest BCUT2D eigenvalue weighted by Gasteiger charge is -2.33. The van der Waals surface area contributed by atoms with E-state index >= 15 is 0 Å². The monoisotopic (exact) mass is 337 g/mol. The number of hydrogen-bond acceptors (Lipinski definition) is 4. The summed E-state index contributed by atoms with van der Waals surface area (Å²) in [6.07, 6.45) is 2.69. The zero-order valence-electron chi connectivity index (χ0n) is 14.0. The molecule has 0 aliphatic carbocycles. The average Bonchev–Trinajstić information content (AvgIpc) is 2.66. The predicted octanol–water partition coefficient (Wildman–Crippen LogP) is 2.10. The molecule has 0 radical (unpaired) electrons. The van der Waals surface area contributed by atoms with Crippen LogP contribution in [0.25, 0.3) is 0 Å². The molecule has 1 atom stereocenters. The first kappa shape index (κ1) is 15.6. The van der Waals surface area contributed by atoms with Crippen molar-refractivity contribution in [2.24, 2.45) is 0 Å². The van der Waals surface area contributed by atoms with Crippen molar-refractivity contribution >= 4 is 17.5 Å². The van der Waals surface area contributed by atoms with Gasteiger partial charge in [0.25, 0.3) is 0 Å². The maximum absolute atomic E-state index is 13.2. The summed E-state index contributed by atoms with van der Waals surface area (Å²) in [6, 6.07) is 9.32. The molecule has 0 fully saturated rings. The number of carbonyl (C=O) groups is 2. The summed E-state index contributed by atoms with van der Waals surface area (Å²) < 4.78 is 5.28. The predicted molar refractivity (Wildman–Crippen MR) is 92.3 cm³/mol. The number of carbonyl (C=O) groups excluding carboxylic acids is 2.